The van der Waals surface area contributed by atoms with Crippen molar-refractivity contribution in [3.05, 3.63) is 59.5 Å². The second kappa shape index (κ2) is 9.26. The number of aromatic nitrogens is 3. The largest absolute Gasteiger partial charge is 0.308 e. The Hall–Kier alpha value is -3.35. The van der Waals surface area contributed by atoms with Crippen molar-refractivity contribution in [3.63, 3.8) is 0 Å². The van der Waals surface area contributed by atoms with Gasteiger partial charge in [0, 0.05) is 37.3 Å². The summed E-state index contributed by atoms with van der Waals surface area (Å²) in [5.41, 5.74) is 3.86. The molecule has 1 amide bonds. The summed E-state index contributed by atoms with van der Waals surface area (Å²) in [7, 11) is -1.51. The Kier molecular flexibility index (Phi) is 6.27. The lowest BCUT2D eigenvalue weighted by Gasteiger charge is -2.33. The number of nitrogens with zero attached hydrogens (tertiary/aromatic N) is 6. The molecule has 0 radical (unpaired) electrons. The van der Waals surface area contributed by atoms with E-state index in [1.54, 1.807) is 17.0 Å². The molecule has 0 bridgehead atoms. The predicted octanol–water partition coefficient (Wildman–Crippen LogP) is 3.54. The zero-order chi connectivity index (χ0) is 25.6. The number of benzene rings is 1. The first-order chi connectivity index (χ1) is 17.2. The number of carbonyl (C=O) groups excluding carboxylic acids is 1. The first kappa shape index (κ1) is 24.3. The summed E-state index contributed by atoms with van der Waals surface area (Å²) in [6.45, 7) is 2.36. The molecule has 0 saturated carbocycles. The van der Waals surface area contributed by atoms with Gasteiger partial charge in [0.1, 0.15) is 17.3 Å². The molecule has 1 fully saturated rings. The van der Waals surface area contributed by atoms with Gasteiger partial charge in [0.15, 0.2) is 5.13 Å². The van der Waals surface area contributed by atoms with Crippen LogP contribution in [0.1, 0.15) is 12.6 Å². The average molecular weight is 529 g/mol. The lowest BCUT2D eigenvalue weighted by molar-refractivity contribution is -0.119. The Balaban J connectivity index is 1.49. The molecule has 0 atom stereocenters. The van der Waals surface area contributed by atoms with Crippen LogP contribution in [-0.2, 0) is 21.2 Å². The van der Waals surface area contributed by atoms with Gasteiger partial charge in [-0.1, -0.05) is 6.92 Å². The summed E-state index contributed by atoms with van der Waals surface area (Å²) >= 11 is 1.47. The van der Waals surface area contributed by atoms with Crippen LogP contribution in [-0.4, -0.2) is 65.9 Å². The van der Waals surface area contributed by atoms with Crippen molar-refractivity contribution in [2.75, 3.05) is 42.7 Å². The molecule has 5 rings (SSSR count). The molecule has 9 nitrogen and oxygen atoms in total. The number of aryl methyl sites for hydroxylation is 1. The van der Waals surface area contributed by atoms with Crippen molar-refractivity contribution in [3.8, 4) is 11.3 Å². The third-order valence-corrected chi connectivity index (χ3v) is 8.35. The summed E-state index contributed by atoms with van der Waals surface area (Å²) in [6.07, 6.45) is 3.66. The minimum absolute atomic E-state index is 0.182. The van der Waals surface area contributed by atoms with E-state index in [0.29, 0.717) is 12.1 Å². The second-order valence-electron chi connectivity index (χ2n) is 8.57. The quantitative estimate of drug-likeness (QED) is 0.380. The Morgan fingerprint density at radius 2 is 1.86 bits per heavy atom. The Bertz CT molecular complexity index is 1550. The maximum atomic E-state index is 13.3. The first-order valence-electron chi connectivity index (χ1n) is 11.4. The molecule has 36 heavy (non-hydrogen) atoms. The van der Waals surface area contributed by atoms with Crippen molar-refractivity contribution in [2.24, 2.45) is 0 Å². The molecule has 1 aliphatic heterocycles. The van der Waals surface area contributed by atoms with E-state index in [0.717, 1.165) is 39.8 Å². The number of piperazine rings is 1. The number of anilines is 3. The Morgan fingerprint density at radius 1 is 1.11 bits per heavy atom. The zero-order valence-electron chi connectivity index (χ0n) is 20.0. The van der Waals surface area contributed by atoms with E-state index in [1.807, 2.05) is 47.0 Å². The predicted molar refractivity (Wildman–Crippen MR) is 139 cm³/mol. The van der Waals surface area contributed by atoms with Crippen molar-refractivity contribution >= 4 is 49.6 Å². The third-order valence-electron chi connectivity index (χ3n) is 6.19. The lowest BCUT2D eigenvalue weighted by atomic mass is 10.2. The first-order valence-corrected chi connectivity index (χ1v) is 14.1. The molecule has 4 heterocycles. The standard InChI is InChI=1S/C24H25FN6O3S2/c1-4-19-23(28(2)24-27-20(15-35-24)16-5-7-17(25)8-6-16)31-13-18(9-10-21(31)26-19)30-12-11-29(14-22(30)32)36(3,33)34/h5-10,13,15H,4,11-12,14H2,1-3H3. The number of amides is 1. The van der Waals surface area contributed by atoms with Crippen LogP contribution in [0.25, 0.3) is 16.9 Å². The Morgan fingerprint density at radius 3 is 2.53 bits per heavy atom. The second-order valence-corrected chi connectivity index (χ2v) is 11.4. The number of halogens is 1. The van der Waals surface area contributed by atoms with Gasteiger partial charge in [-0.25, -0.2) is 22.8 Å². The smallest absolute Gasteiger partial charge is 0.242 e. The van der Waals surface area contributed by atoms with Gasteiger partial charge in [-0.15, -0.1) is 11.3 Å². The van der Waals surface area contributed by atoms with Crippen LogP contribution in [0.15, 0.2) is 48.0 Å². The molecule has 1 aromatic carbocycles. The van der Waals surface area contributed by atoms with Gasteiger partial charge < -0.3 is 9.80 Å². The minimum atomic E-state index is -3.43. The lowest BCUT2D eigenvalue weighted by Crippen LogP contribution is -2.52. The van der Waals surface area contributed by atoms with Gasteiger partial charge in [0.05, 0.1) is 29.9 Å². The summed E-state index contributed by atoms with van der Waals surface area (Å²) in [6, 6.07) is 9.91. The van der Waals surface area contributed by atoms with E-state index in [-0.39, 0.29) is 31.4 Å². The molecule has 0 unspecified atom stereocenters. The van der Waals surface area contributed by atoms with E-state index >= 15 is 0 Å². The number of hydrogen-bond donors (Lipinski definition) is 0. The van der Waals surface area contributed by atoms with Crippen molar-refractivity contribution in [2.45, 2.75) is 13.3 Å². The topological polar surface area (TPSA) is 91.1 Å². The molecule has 1 saturated heterocycles. The number of carbonyl (C=O) groups is 1. The summed E-state index contributed by atoms with van der Waals surface area (Å²) in [5.74, 6) is 0.258. The molecule has 0 spiro atoms. The molecule has 12 heteroatoms. The zero-order valence-corrected chi connectivity index (χ0v) is 21.7. The highest BCUT2D eigenvalue weighted by Gasteiger charge is 2.30. The molecular formula is C24H25FN6O3S2. The van der Waals surface area contributed by atoms with Crippen LogP contribution in [0.3, 0.4) is 0 Å². The molecule has 0 N–H and O–H groups in total. The fraction of sp³-hybridized carbons (Fsp3) is 0.292. The number of rotatable bonds is 6. The van der Waals surface area contributed by atoms with E-state index in [1.165, 1.54) is 27.8 Å². The Labute approximate surface area is 212 Å². The molecule has 4 aromatic rings. The van der Waals surface area contributed by atoms with Crippen molar-refractivity contribution < 1.29 is 17.6 Å². The molecule has 188 valence electrons. The molecule has 0 aliphatic carbocycles. The van der Waals surface area contributed by atoms with Gasteiger partial charge in [0.25, 0.3) is 0 Å². The maximum absolute atomic E-state index is 13.3. The number of fused-ring (bicyclic) bond motifs is 1. The van der Waals surface area contributed by atoms with E-state index in [9.17, 15) is 17.6 Å². The maximum Gasteiger partial charge on any atom is 0.242 e. The normalized spacial score (nSPS) is 15.1. The summed E-state index contributed by atoms with van der Waals surface area (Å²) in [4.78, 5) is 25.9. The van der Waals surface area contributed by atoms with E-state index in [2.05, 4.69) is 0 Å². The van der Waals surface area contributed by atoms with Crippen LogP contribution >= 0.6 is 11.3 Å². The number of thiazole rings is 1. The van der Waals surface area contributed by atoms with Gasteiger partial charge in [-0.05, 0) is 42.8 Å². The van der Waals surface area contributed by atoms with Crippen LogP contribution in [0.4, 0.5) is 21.0 Å². The highest BCUT2D eigenvalue weighted by molar-refractivity contribution is 7.88. The molecular weight excluding hydrogens is 503 g/mol. The van der Waals surface area contributed by atoms with Gasteiger partial charge in [-0.2, -0.15) is 4.31 Å². The SMILES string of the molecule is CCc1nc2ccc(N3CCN(S(C)(=O)=O)CC3=O)cn2c1N(C)c1nc(-c2ccc(F)cc2)cs1. The van der Waals surface area contributed by atoms with Crippen LogP contribution in [0, 0.1) is 5.82 Å². The van der Waals surface area contributed by atoms with Gasteiger partial charge in [0.2, 0.25) is 15.9 Å². The highest BCUT2D eigenvalue weighted by atomic mass is 32.2. The monoisotopic (exact) mass is 528 g/mol. The molecule has 1 aliphatic rings. The van der Waals surface area contributed by atoms with Gasteiger partial charge in [-0.3, -0.25) is 9.20 Å². The van der Waals surface area contributed by atoms with Crippen molar-refractivity contribution in [1.82, 2.24) is 18.7 Å². The minimum Gasteiger partial charge on any atom is -0.308 e. The van der Waals surface area contributed by atoms with Crippen LogP contribution < -0.4 is 9.80 Å². The summed E-state index contributed by atoms with van der Waals surface area (Å²) < 4.78 is 40.2. The van der Waals surface area contributed by atoms with E-state index < -0.39 is 10.0 Å². The fourth-order valence-electron chi connectivity index (χ4n) is 4.29. The fourth-order valence-corrected chi connectivity index (χ4v) is 5.85. The number of imidazole rings is 1. The van der Waals surface area contributed by atoms with Gasteiger partial charge >= 0.3 is 0 Å². The number of pyridine rings is 1. The summed E-state index contributed by atoms with van der Waals surface area (Å²) in [5, 5.41) is 2.67. The number of sulfonamides is 1. The van der Waals surface area contributed by atoms with Crippen molar-refractivity contribution in [1.29, 1.82) is 0 Å². The van der Waals surface area contributed by atoms with Crippen LogP contribution in [0.5, 0.6) is 0 Å². The highest BCUT2D eigenvalue weighted by Crippen LogP contribution is 2.34. The molecule has 3 aromatic heterocycles. The average Bonchev–Trinajstić information content (AvgIpc) is 3.48. The third kappa shape index (κ3) is 4.47. The van der Waals surface area contributed by atoms with E-state index in [4.69, 9.17) is 9.97 Å². The number of hydrogen-bond acceptors (Lipinski definition) is 7. The van der Waals surface area contributed by atoms with Crippen LogP contribution in [0.2, 0.25) is 0 Å².